The number of rotatable bonds is 3. The molecule has 2 saturated carbocycles. The predicted molar refractivity (Wildman–Crippen MR) is 148 cm³/mol. The number of carbonyl (C=O) groups excluding carboxylic acids is 2. The summed E-state index contributed by atoms with van der Waals surface area (Å²) in [5, 5.41) is 13.1. The molecule has 1 aliphatic heterocycles. The second-order valence-corrected chi connectivity index (χ2v) is 15.2. The van der Waals surface area contributed by atoms with Gasteiger partial charge in [-0.1, -0.05) is 58.4 Å². The second kappa shape index (κ2) is 8.48. The molecule has 6 rings (SSSR count). The van der Waals surface area contributed by atoms with Gasteiger partial charge in [0.2, 0.25) is 0 Å². The van der Waals surface area contributed by atoms with Crippen molar-refractivity contribution in [1.29, 1.82) is 0 Å². The number of aliphatic hydroxyl groups is 1. The Bertz CT molecular complexity index is 1330. The summed E-state index contributed by atoms with van der Waals surface area (Å²) in [5.74, 6) is -1.71. The first-order chi connectivity index (χ1) is 18.1. The summed E-state index contributed by atoms with van der Waals surface area (Å²) in [6, 6.07) is 0. The highest BCUT2D eigenvalue weighted by Gasteiger charge is 2.77. The maximum absolute atomic E-state index is 14.8. The molecule has 1 aromatic rings. The van der Waals surface area contributed by atoms with E-state index in [1.807, 2.05) is 32.9 Å². The number of aromatic nitrogens is 1. The zero-order chi connectivity index (χ0) is 28.4. The van der Waals surface area contributed by atoms with Crippen molar-refractivity contribution in [3.05, 3.63) is 38.3 Å². The fraction of sp³-hybridized carbons (Fsp3) is 0.700. The van der Waals surface area contributed by atoms with Crippen LogP contribution in [-0.4, -0.2) is 52.0 Å². The molecule has 2 bridgehead atoms. The number of esters is 1. The van der Waals surface area contributed by atoms with E-state index < -0.39 is 35.0 Å². The number of ether oxygens (including phenoxy) is 3. The summed E-state index contributed by atoms with van der Waals surface area (Å²) < 4.78 is 19.0. The van der Waals surface area contributed by atoms with E-state index in [2.05, 4.69) is 25.8 Å². The average molecular weight is 576 g/mol. The number of Topliss-reactive ketones (excluding diaryl/α,β-unsaturated/α-hetero) is 1. The smallest absolute Gasteiger partial charge is 0.358 e. The molecule has 1 N–H and O–H groups in total. The lowest BCUT2D eigenvalue weighted by Crippen LogP contribution is -2.68. The van der Waals surface area contributed by atoms with E-state index in [9.17, 15) is 14.7 Å². The Morgan fingerprint density at radius 2 is 1.97 bits per heavy atom. The molecule has 7 nitrogen and oxygen atoms in total. The van der Waals surface area contributed by atoms with Gasteiger partial charge in [-0.25, -0.2) is 9.78 Å². The Balaban J connectivity index is 1.51. The van der Waals surface area contributed by atoms with Crippen LogP contribution in [0.25, 0.3) is 0 Å². The highest BCUT2D eigenvalue weighted by Crippen LogP contribution is 2.72. The van der Waals surface area contributed by atoms with E-state index in [0.717, 1.165) is 16.9 Å². The second-order valence-electron chi connectivity index (χ2n) is 13.6. The summed E-state index contributed by atoms with van der Waals surface area (Å²) in [5.41, 5.74) is -1.59. The monoisotopic (exact) mass is 575 g/mol. The number of allylic oxidation sites excluding steroid dienone is 1. The molecule has 0 unspecified atom stereocenters. The standard InChI is InChI=1S/C30H38ClNO6S/c1-13(2)21-20(32-26(31)39-21)25(34)37-23-14(3)11-29-15(4)9-18-19(27(18,5)6)17(22(29)33)10-16-12-36-28(7,8)38-24(16)30(23,29)35/h10-11,13,15,17-19,23-24,35H,9,12H2,1-8H3/t15-,17+,18-,19+,23+,24-,29+,30-/m1/s1. The van der Waals surface area contributed by atoms with Crippen LogP contribution in [0.1, 0.15) is 83.1 Å². The summed E-state index contributed by atoms with van der Waals surface area (Å²) in [7, 11) is 0. The first-order valence-electron chi connectivity index (χ1n) is 13.9. The van der Waals surface area contributed by atoms with Crippen molar-refractivity contribution >= 4 is 34.7 Å². The number of hydrogen-bond donors (Lipinski definition) is 1. The Kier molecular flexibility index (Phi) is 5.99. The molecule has 5 aliphatic rings. The zero-order valence-electron chi connectivity index (χ0n) is 23.8. The summed E-state index contributed by atoms with van der Waals surface area (Å²) in [6.45, 7) is 16.1. The molecule has 0 aromatic carbocycles. The molecule has 8 atom stereocenters. The molecular weight excluding hydrogens is 538 g/mol. The largest absolute Gasteiger partial charge is 0.450 e. The molecule has 3 fully saturated rings. The lowest BCUT2D eigenvalue weighted by atomic mass is 9.59. The number of ketones is 1. The van der Waals surface area contributed by atoms with E-state index in [1.54, 1.807) is 13.8 Å². The van der Waals surface area contributed by atoms with Gasteiger partial charge in [0.05, 0.1) is 12.0 Å². The third kappa shape index (κ3) is 3.60. The van der Waals surface area contributed by atoms with Gasteiger partial charge in [0, 0.05) is 10.8 Å². The molecule has 0 radical (unpaired) electrons. The minimum Gasteiger partial charge on any atom is -0.450 e. The first kappa shape index (κ1) is 27.6. The van der Waals surface area contributed by atoms with Crippen molar-refractivity contribution in [3.63, 3.8) is 0 Å². The van der Waals surface area contributed by atoms with Gasteiger partial charge in [0.1, 0.15) is 6.10 Å². The predicted octanol–water partition coefficient (Wildman–Crippen LogP) is 5.71. The number of halogens is 1. The van der Waals surface area contributed by atoms with Crippen molar-refractivity contribution < 1.29 is 28.9 Å². The van der Waals surface area contributed by atoms with Crippen LogP contribution >= 0.6 is 22.9 Å². The first-order valence-corrected chi connectivity index (χ1v) is 15.1. The molecular formula is C30H38ClNO6S. The van der Waals surface area contributed by atoms with Crippen LogP contribution < -0.4 is 0 Å². The van der Waals surface area contributed by atoms with Crippen LogP contribution in [0.2, 0.25) is 4.47 Å². The topological polar surface area (TPSA) is 95.0 Å². The Labute approximate surface area is 238 Å². The van der Waals surface area contributed by atoms with E-state index in [-0.39, 0.29) is 51.6 Å². The maximum Gasteiger partial charge on any atom is 0.358 e. The summed E-state index contributed by atoms with van der Waals surface area (Å²) in [4.78, 5) is 33.4. The third-order valence-corrected chi connectivity index (χ3v) is 11.7. The summed E-state index contributed by atoms with van der Waals surface area (Å²) >= 11 is 7.45. The van der Waals surface area contributed by atoms with Gasteiger partial charge in [-0.3, -0.25) is 4.79 Å². The third-order valence-electron chi connectivity index (χ3n) is 10.2. The number of nitrogens with zero attached hydrogens (tertiary/aromatic N) is 1. The molecule has 1 aromatic heterocycles. The Hall–Kier alpha value is -1.58. The van der Waals surface area contributed by atoms with Gasteiger partial charge in [0.15, 0.2) is 33.4 Å². The van der Waals surface area contributed by atoms with Crippen LogP contribution in [0.3, 0.4) is 0 Å². The number of carbonyl (C=O) groups is 2. The van der Waals surface area contributed by atoms with Gasteiger partial charge in [0.25, 0.3) is 0 Å². The van der Waals surface area contributed by atoms with E-state index in [4.69, 9.17) is 25.8 Å². The molecule has 9 heteroatoms. The van der Waals surface area contributed by atoms with E-state index >= 15 is 0 Å². The quantitative estimate of drug-likeness (QED) is 0.364. The van der Waals surface area contributed by atoms with Crippen molar-refractivity contribution in [2.24, 2.45) is 34.5 Å². The molecule has 0 amide bonds. The summed E-state index contributed by atoms with van der Waals surface area (Å²) in [6.07, 6.45) is 2.68. The van der Waals surface area contributed by atoms with Crippen LogP contribution in [0.4, 0.5) is 0 Å². The van der Waals surface area contributed by atoms with Crippen LogP contribution in [0.5, 0.6) is 0 Å². The van der Waals surface area contributed by atoms with Crippen LogP contribution in [-0.2, 0) is 19.0 Å². The van der Waals surface area contributed by atoms with Gasteiger partial charge < -0.3 is 19.3 Å². The normalized spacial score (nSPS) is 41.5. The molecule has 2 heterocycles. The maximum atomic E-state index is 14.8. The average Bonchev–Trinajstić information content (AvgIpc) is 3.10. The van der Waals surface area contributed by atoms with Crippen molar-refractivity contribution in [2.75, 3.05) is 6.61 Å². The Morgan fingerprint density at radius 1 is 1.28 bits per heavy atom. The van der Waals surface area contributed by atoms with Crippen molar-refractivity contribution in [1.82, 2.24) is 4.98 Å². The van der Waals surface area contributed by atoms with Crippen LogP contribution in [0.15, 0.2) is 23.3 Å². The van der Waals surface area contributed by atoms with E-state index in [1.165, 1.54) is 11.3 Å². The number of thiazole rings is 1. The fourth-order valence-corrected chi connectivity index (χ4v) is 9.42. The van der Waals surface area contributed by atoms with Gasteiger partial charge in [-0.15, -0.1) is 11.3 Å². The molecule has 212 valence electrons. The molecule has 1 spiro atoms. The lowest BCUT2D eigenvalue weighted by molar-refractivity contribution is -0.302. The minimum absolute atomic E-state index is 0.0125. The minimum atomic E-state index is -1.86. The van der Waals surface area contributed by atoms with Gasteiger partial charge in [-0.05, 0) is 67.4 Å². The van der Waals surface area contributed by atoms with Crippen molar-refractivity contribution in [3.8, 4) is 0 Å². The van der Waals surface area contributed by atoms with Crippen molar-refractivity contribution in [2.45, 2.75) is 91.3 Å². The van der Waals surface area contributed by atoms with Crippen LogP contribution in [0, 0.1) is 34.5 Å². The zero-order valence-corrected chi connectivity index (χ0v) is 25.4. The van der Waals surface area contributed by atoms with Gasteiger partial charge >= 0.3 is 5.97 Å². The lowest BCUT2D eigenvalue weighted by Gasteiger charge is -2.52. The highest BCUT2D eigenvalue weighted by atomic mass is 35.5. The molecule has 39 heavy (non-hydrogen) atoms. The molecule has 1 saturated heterocycles. The van der Waals surface area contributed by atoms with Gasteiger partial charge in [-0.2, -0.15) is 0 Å². The number of fused-ring (bicyclic) bond motifs is 5. The molecule has 4 aliphatic carbocycles. The highest BCUT2D eigenvalue weighted by molar-refractivity contribution is 7.16. The SMILES string of the molecule is CC1=C[C@]23C(=O)[C@@H](C=C4COC(C)(C)O[C@H]4[C@]2(O)[C@H]1OC(=O)c1nc(Cl)sc1C(C)C)[C@H]1[C@@H](C[C@H]3C)C1(C)C. The fourth-order valence-electron chi connectivity index (χ4n) is 8.31. The van der Waals surface area contributed by atoms with E-state index in [0.29, 0.717) is 11.5 Å². The Morgan fingerprint density at radius 3 is 2.64 bits per heavy atom. The number of hydrogen-bond acceptors (Lipinski definition) is 8.